The Morgan fingerprint density at radius 2 is 1.60 bits per heavy atom. The van der Waals surface area contributed by atoms with Crippen LogP contribution in [0.25, 0.3) is 5.69 Å². The Kier molecular flexibility index (Phi) is 2.91. The van der Waals surface area contributed by atoms with Crippen molar-refractivity contribution in [3.05, 3.63) is 54.4 Å². The summed E-state index contributed by atoms with van der Waals surface area (Å²) >= 11 is 0. The molecule has 1 aromatic carbocycles. The van der Waals surface area contributed by atoms with Gasteiger partial charge in [0, 0.05) is 18.1 Å². The van der Waals surface area contributed by atoms with E-state index in [9.17, 15) is 0 Å². The molecule has 0 fully saturated rings. The van der Waals surface area contributed by atoms with Crippen molar-refractivity contribution in [1.29, 1.82) is 0 Å². The zero-order chi connectivity index (χ0) is 10.7. The van der Waals surface area contributed by atoms with Gasteiger partial charge in [0.2, 0.25) is 0 Å². The van der Waals surface area contributed by atoms with Crippen molar-refractivity contribution in [2.75, 3.05) is 0 Å². The van der Waals surface area contributed by atoms with E-state index in [0.29, 0.717) is 0 Å². The molecule has 0 radical (unpaired) electrons. The molecule has 78 valence electrons. The molecule has 1 heterocycles. The summed E-state index contributed by atoms with van der Waals surface area (Å²) in [6.07, 6.45) is 5.29. The van der Waals surface area contributed by atoms with Gasteiger partial charge >= 0.3 is 0 Å². The molecular weight excluding hydrogens is 182 g/mol. The van der Waals surface area contributed by atoms with Gasteiger partial charge in [-0.2, -0.15) is 0 Å². The van der Waals surface area contributed by atoms with Crippen LogP contribution < -0.4 is 0 Å². The van der Waals surface area contributed by atoms with Crippen LogP contribution in [-0.2, 0) is 6.42 Å². The molecule has 0 unspecified atom stereocenters. The fourth-order valence-electron chi connectivity index (χ4n) is 1.78. The van der Waals surface area contributed by atoms with E-state index in [2.05, 4.69) is 55.1 Å². The zero-order valence-electron chi connectivity index (χ0n) is 9.35. The Labute approximate surface area is 91.4 Å². The SMILES string of the molecule is CC(C)Cc1ccc(-n2cccc2)cc1. The van der Waals surface area contributed by atoms with Crippen LogP contribution in [0.15, 0.2) is 48.8 Å². The number of aromatic nitrogens is 1. The summed E-state index contributed by atoms with van der Waals surface area (Å²) in [6.45, 7) is 4.50. The van der Waals surface area contributed by atoms with E-state index in [1.807, 2.05) is 12.1 Å². The molecule has 2 rings (SSSR count). The first kappa shape index (κ1) is 10.0. The van der Waals surface area contributed by atoms with Crippen LogP contribution in [0, 0.1) is 5.92 Å². The number of benzene rings is 1. The van der Waals surface area contributed by atoms with E-state index < -0.39 is 0 Å². The molecule has 2 aromatic rings. The van der Waals surface area contributed by atoms with E-state index in [4.69, 9.17) is 0 Å². The van der Waals surface area contributed by atoms with Gasteiger partial charge in [-0.05, 0) is 42.2 Å². The lowest BCUT2D eigenvalue weighted by molar-refractivity contribution is 0.647. The van der Waals surface area contributed by atoms with Crippen LogP contribution in [0.4, 0.5) is 0 Å². The van der Waals surface area contributed by atoms with Crippen LogP contribution >= 0.6 is 0 Å². The molecule has 0 aliphatic rings. The maximum absolute atomic E-state index is 2.25. The Morgan fingerprint density at radius 1 is 1.00 bits per heavy atom. The molecule has 1 nitrogen and oxygen atoms in total. The average Bonchev–Trinajstić information content (AvgIpc) is 2.71. The Hall–Kier alpha value is -1.50. The predicted molar refractivity (Wildman–Crippen MR) is 64.3 cm³/mol. The van der Waals surface area contributed by atoms with E-state index >= 15 is 0 Å². The van der Waals surface area contributed by atoms with Crippen molar-refractivity contribution >= 4 is 0 Å². The van der Waals surface area contributed by atoms with Gasteiger partial charge in [0.1, 0.15) is 0 Å². The second-order valence-electron chi connectivity index (χ2n) is 4.35. The van der Waals surface area contributed by atoms with Crippen molar-refractivity contribution in [2.24, 2.45) is 5.92 Å². The van der Waals surface area contributed by atoms with Crippen LogP contribution in [0.3, 0.4) is 0 Å². The molecule has 1 heteroatoms. The second kappa shape index (κ2) is 4.35. The summed E-state index contributed by atoms with van der Waals surface area (Å²) in [5.41, 5.74) is 2.65. The van der Waals surface area contributed by atoms with Crippen molar-refractivity contribution in [1.82, 2.24) is 4.57 Å². The molecule has 0 aliphatic heterocycles. The van der Waals surface area contributed by atoms with Crippen molar-refractivity contribution in [3.8, 4) is 5.69 Å². The molecule has 0 amide bonds. The van der Waals surface area contributed by atoms with Crippen molar-refractivity contribution in [3.63, 3.8) is 0 Å². The number of rotatable bonds is 3. The second-order valence-corrected chi connectivity index (χ2v) is 4.35. The molecule has 0 aliphatic carbocycles. The molecule has 0 saturated heterocycles. The molecule has 0 bridgehead atoms. The normalized spacial score (nSPS) is 10.9. The topological polar surface area (TPSA) is 4.93 Å². The number of hydrogen-bond donors (Lipinski definition) is 0. The van der Waals surface area contributed by atoms with E-state index in [-0.39, 0.29) is 0 Å². The first-order valence-electron chi connectivity index (χ1n) is 5.48. The third kappa shape index (κ3) is 2.50. The van der Waals surface area contributed by atoms with E-state index in [0.717, 1.165) is 12.3 Å². The van der Waals surface area contributed by atoms with Crippen LogP contribution in [0.5, 0.6) is 0 Å². The highest BCUT2D eigenvalue weighted by molar-refractivity contribution is 5.35. The molecule has 0 N–H and O–H groups in total. The summed E-state index contributed by atoms with van der Waals surface area (Å²) < 4.78 is 2.12. The van der Waals surface area contributed by atoms with Gasteiger partial charge in [0.15, 0.2) is 0 Å². The standard InChI is InChI=1S/C14H17N/c1-12(2)11-13-5-7-14(8-6-13)15-9-3-4-10-15/h3-10,12H,11H2,1-2H3. The minimum absolute atomic E-state index is 0.724. The van der Waals surface area contributed by atoms with Crippen molar-refractivity contribution < 1.29 is 0 Å². The molecule has 1 aromatic heterocycles. The van der Waals surface area contributed by atoms with Gasteiger partial charge in [-0.1, -0.05) is 26.0 Å². The molecule has 0 saturated carbocycles. The van der Waals surface area contributed by atoms with Gasteiger partial charge in [-0.3, -0.25) is 0 Å². The fraction of sp³-hybridized carbons (Fsp3) is 0.286. The largest absolute Gasteiger partial charge is 0.324 e. The minimum atomic E-state index is 0.724. The first-order chi connectivity index (χ1) is 7.25. The number of nitrogens with zero attached hydrogens (tertiary/aromatic N) is 1. The van der Waals surface area contributed by atoms with Gasteiger partial charge in [-0.25, -0.2) is 0 Å². The number of hydrogen-bond acceptors (Lipinski definition) is 0. The lowest BCUT2D eigenvalue weighted by Crippen LogP contribution is -1.95. The highest BCUT2D eigenvalue weighted by Crippen LogP contribution is 2.12. The summed E-state index contributed by atoms with van der Waals surface area (Å²) in [5.74, 6) is 0.724. The monoisotopic (exact) mass is 199 g/mol. The minimum Gasteiger partial charge on any atom is -0.324 e. The van der Waals surface area contributed by atoms with Crippen LogP contribution in [0.2, 0.25) is 0 Å². The Balaban J connectivity index is 2.17. The van der Waals surface area contributed by atoms with E-state index in [1.54, 1.807) is 0 Å². The predicted octanol–water partition coefficient (Wildman–Crippen LogP) is 3.68. The maximum atomic E-state index is 2.25. The smallest absolute Gasteiger partial charge is 0.0449 e. The highest BCUT2D eigenvalue weighted by Gasteiger charge is 1.98. The lowest BCUT2D eigenvalue weighted by Gasteiger charge is -2.07. The van der Waals surface area contributed by atoms with Crippen LogP contribution in [0.1, 0.15) is 19.4 Å². The van der Waals surface area contributed by atoms with Crippen LogP contribution in [-0.4, -0.2) is 4.57 Å². The van der Waals surface area contributed by atoms with Gasteiger partial charge in [-0.15, -0.1) is 0 Å². The Morgan fingerprint density at radius 3 is 2.13 bits per heavy atom. The summed E-state index contributed by atoms with van der Waals surface area (Å²) in [4.78, 5) is 0. The third-order valence-electron chi connectivity index (χ3n) is 2.48. The highest BCUT2D eigenvalue weighted by atomic mass is 14.9. The molecular formula is C14H17N. The molecule has 15 heavy (non-hydrogen) atoms. The third-order valence-corrected chi connectivity index (χ3v) is 2.48. The van der Waals surface area contributed by atoms with Crippen molar-refractivity contribution in [2.45, 2.75) is 20.3 Å². The van der Waals surface area contributed by atoms with Gasteiger partial charge < -0.3 is 4.57 Å². The first-order valence-corrected chi connectivity index (χ1v) is 5.48. The Bertz CT molecular complexity index is 395. The zero-order valence-corrected chi connectivity index (χ0v) is 9.35. The van der Waals surface area contributed by atoms with Gasteiger partial charge in [0.05, 0.1) is 0 Å². The average molecular weight is 199 g/mol. The summed E-state index contributed by atoms with van der Waals surface area (Å²) in [5, 5.41) is 0. The molecule has 0 spiro atoms. The fourth-order valence-corrected chi connectivity index (χ4v) is 1.78. The molecule has 0 atom stereocenters. The van der Waals surface area contributed by atoms with Gasteiger partial charge in [0.25, 0.3) is 0 Å². The van der Waals surface area contributed by atoms with E-state index in [1.165, 1.54) is 11.3 Å². The quantitative estimate of drug-likeness (QED) is 0.710. The summed E-state index contributed by atoms with van der Waals surface area (Å²) in [7, 11) is 0. The maximum Gasteiger partial charge on any atom is 0.0449 e. The lowest BCUT2D eigenvalue weighted by atomic mass is 10.0. The summed E-state index contributed by atoms with van der Waals surface area (Å²) in [6, 6.07) is 12.9.